The summed E-state index contributed by atoms with van der Waals surface area (Å²) in [5.41, 5.74) is 3.25. The standard InChI is InChI=1S/C21H22ClNO4/c1-14-7-8-15(2)17(11-14)19(24)9-10-21(26)27-13-20(25)23-12-16-5-3-4-6-18(16)22/h3-8,11H,9-10,12-13H2,1-2H3,(H,23,25). The summed E-state index contributed by atoms with van der Waals surface area (Å²) < 4.78 is 4.93. The maximum Gasteiger partial charge on any atom is 0.306 e. The molecule has 2 aromatic carbocycles. The molecule has 0 aliphatic rings. The van der Waals surface area contributed by atoms with Crippen LogP contribution in [0.5, 0.6) is 0 Å². The number of benzene rings is 2. The van der Waals surface area contributed by atoms with E-state index in [1.54, 1.807) is 18.2 Å². The molecule has 142 valence electrons. The van der Waals surface area contributed by atoms with Crippen LogP contribution >= 0.6 is 11.6 Å². The molecule has 2 aromatic rings. The second kappa shape index (κ2) is 9.88. The van der Waals surface area contributed by atoms with Crippen LogP contribution in [-0.4, -0.2) is 24.3 Å². The molecule has 6 heteroatoms. The zero-order valence-electron chi connectivity index (χ0n) is 15.4. The molecule has 0 saturated heterocycles. The molecule has 0 spiro atoms. The molecule has 27 heavy (non-hydrogen) atoms. The third-order valence-electron chi connectivity index (χ3n) is 4.05. The van der Waals surface area contributed by atoms with Gasteiger partial charge in [0.25, 0.3) is 5.91 Å². The topological polar surface area (TPSA) is 72.5 Å². The van der Waals surface area contributed by atoms with Crippen molar-refractivity contribution >= 4 is 29.3 Å². The number of aryl methyl sites for hydroxylation is 2. The number of carbonyl (C=O) groups is 3. The lowest BCUT2D eigenvalue weighted by atomic mass is 9.99. The summed E-state index contributed by atoms with van der Waals surface area (Å²) in [5.74, 6) is -1.12. The van der Waals surface area contributed by atoms with Gasteiger partial charge >= 0.3 is 5.97 Å². The lowest BCUT2D eigenvalue weighted by molar-refractivity contribution is -0.148. The molecule has 0 aromatic heterocycles. The molecule has 1 amide bonds. The number of esters is 1. The molecule has 0 unspecified atom stereocenters. The summed E-state index contributed by atoms with van der Waals surface area (Å²) in [6.07, 6.45) is -0.0195. The van der Waals surface area contributed by atoms with Gasteiger partial charge in [0.1, 0.15) is 0 Å². The third kappa shape index (κ3) is 6.53. The molecule has 0 heterocycles. The second-order valence-electron chi connectivity index (χ2n) is 6.27. The predicted molar refractivity (Wildman–Crippen MR) is 104 cm³/mol. The molecule has 0 atom stereocenters. The first kappa shape index (κ1) is 20.6. The number of hydrogen-bond donors (Lipinski definition) is 1. The minimum Gasteiger partial charge on any atom is -0.456 e. The van der Waals surface area contributed by atoms with Gasteiger partial charge in [-0.3, -0.25) is 14.4 Å². The van der Waals surface area contributed by atoms with Gasteiger partial charge in [0.05, 0.1) is 6.42 Å². The van der Waals surface area contributed by atoms with E-state index in [2.05, 4.69) is 5.32 Å². The first-order valence-corrected chi connectivity index (χ1v) is 9.01. The van der Waals surface area contributed by atoms with Crippen molar-refractivity contribution in [2.75, 3.05) is 6.61 Å². The number of Topliss-reactive ketones (excluding diaryl/α,β-unsaturated/α-hetero) is 1. The summed E-state index contributed by atoms with van der Waals surface area (Å²) in [4.78, 5) is 35.8. The van der Waals surface area contributed by atoms with Gasteiger partial charge in [0.2, 0.25) is 0 Å². The van der Waals surface area contributed by atoms with Gasteiger partial charge in [0.15, 0.2) is 12.4 Å². The molecule has 2 rings (SSSR count). The summed E-state index contributed by atoms with van der Waals surface area (Å²) in [5, 5.41) is 3.19. The van der Waals surface area contributed by atoms with Crippen LogP contribution in [-0.2, 0) is 20.9 Å². The van der Waals surface area contributed by atoms with Crippen molar-refractivity contribution in [3.63, 3.8) is 0 Å². The van der Waals surface area contributed by atoms with E-state index in [0.29, 0.717) is 10.6 Å². The van der Waals surface area contributed by atoms with Crippen molar-refractivity contribution in [2.45, 2.75) is 33.2 Å². The number of carbonyl (C=O) groups excluding carboxylic acids is 3. The Hall–Kier alpha value is -2.66. The average Bonchev–Trinajstić information content (AvgIpc) is 2.65. The number of nitrogens with one attached hydrogen (secondary N) is 1. The Bertz CT molecular complexity index is 848. The monoisotopic (exact) mass is 387 g/mol. The zero-order valence-corrected chi connectivity index (χ0v) is 16.1. The van der Waals surface area contributed by atoms with E-state index in [9.17, 15) is 14.4 Å². The van der Waals surface area contributed by atoms with Crippen LogP contribution in [0.3, 0.4) is 0 Å². The minimum absolute atomic E-state index is 0.0460. The maximum atomic E-state index is 12.3. The third-order valence-corrected chi connectivity index (χ3v) is 4.42. The Kier molecular flexibility index (Phi) is 7.55. The van der Waals surface area contributed by atoms with Crippen LogP contribution in [0.2, 0.25) is 5.02 Å². The van der Waals surface area contributed by atoms with Crippen LogP contribution in [0.15, 0.2) is 42.5 Å². The molecule has 0 radical (unpaired) electrons. The largest absolute Gasteiger partial charge is 0.456 e. The van der Waals surface area contributed by atoms with E-state index in [4.69, 9.17) is 16.3 Å². The fourth-order valence-corrected chi connectivity index (χ4v) is 2.69. The molecule has 0 fully saturated rings. The van der Waals surface area contributed by atoms with Crippen molar-refractivity contribution in [1.29, 1.82) is 0 Å². The Morgan fingerprint density at radius 3 is 2.52 bits per heavy atom. The predicted octanol–water partition coefficient (Wildman–Crippen LogP) is 3.78. The first-order chi connectivity index (χ1) is 12.9. The number of ether oxygens (including phenoxy) is 1. The Balaban J connectivity index is 1.72. The highest BCUT2D eigenvalue weighted by molar-refractivity contribution is 6.31. The van der Waals surface area contributed by atoms with Gasteiger partial charge in [-0.1, -0.05) is 47.5 Å². The van der Waals surface area contributed by atoms with Crippen molar-refractivity contribution in [3.8, 4) is 0 Å². The van der Waals surface area contributed by atoms with Gasteiger partial charge < -0.3 is 10.1 Å². The second-order valence-corrected chi connectivity index (χ2v) is 6.68. The average molecular weight is 388 g/mol. The Morgan fingerprint density at radius 1 is 1.04 bits per heavy atom. The van der Waals surface area contributed by atoms with Crippen molar-refractivity contribution in [2.24, 2.45) is 0 Å². The van der Waals surface area contributed by atoms with E-state index in [1.165, 1.54) is 0 Å². The molecular weight excluding hydrogens is 366 g/mol. The van der Waals surface area contributed by atoms with Crippen molar-refractivity contribution in [1.82, 2.24) is 5.32 Å². The molecule has 5 nitrogen and oxygen atoms in total. The highest BCUT2D eigenvalue weighted by Crippen LogP contribution is 2.15. The van der Waals surface area contributed by atoms with Crippen LogP contribution in [0.4, 0.5) is 0 Å². The lowest BCUT2D eigenvalue weighted by Crippen LogP contribution is -2.28. The molecular formula is C21H22ClNO4. The Morgan fingerprint density at radius 2 is 1.78 bits per heavy atom. The van der Waals surface area contributed by atoms with Crippen molar-refractivity contribution in [3.05, 3.63) is 69.7 Å². The number of amides is 1. The van der Waals surface area contributed by atoms with Crippen LogP contribution in [0.1, 0.15) is 39.9 Å². The van der Waals surface area contributed by atoms with Crippen LogP contribution in [0, 0.1) is 13.8 Å². The van der Waals surface area contributed by atoms with E-state index in [-0.39, 0.29) is 31.8 Å². The molecule has 0 aliphatic carbocycles. The van der Waals surface area contributed by atoms with Crippen molar-refractivity contribution < 1.29 is 19.1 Å². The molecule has 0 aliphatic heterocycles. The molecule has 1 N–H and O–H groups in total. The lowest BCUT2D eigenvalue weighted by Gasteiger charge is -2.08. The maximum absolute atomic E-state index is 12.3. The van der Waals surface area contributed by atoms with Gasteiger partial charge in [0, 0.05) is 23.6 Å². The van der Waals surface area contributed by atoms with Gasteiger partial charge in [-0.2, -0.15) is 0 Å². The summed E-state index contributed by atoms with van der Waals surface area (Å²) in [6, 6.07) is 12.8. The zero-order chi connectivity index (χ0) is 19.8. The summed E-state index contributed by atoms with van der Waals surface area (Å²) >= 11 is 6.01. The highest BCUT2D eigenvalue weighted by atomic mass is 35.5. The Labute approximate surface area is 163 Å². The van der Waals surface area contributed by atoms with E-state index >= 15 is 0 Å². The van der Waals surface area contributed by atoms with Gasteiger partial charge in [-0.15, -0.1) is 0 Å². The molecule has 0 saturated carbocycles. The number of halogens is 1. The minimum atomic E-state index is -0.582. The molecule has 0 bridgehead atoms. The van der Waals surface area contributed by atoms with E-state index < -0.39 is 11.9 Å². The summed E-state index contributed by atoms with van der Waals surface area (Å²) in [6.45, 7) is 3.63. The van der Waals surface area contributed by atoms with Gasteiger partial charge in [-0.05, 0) is 37.1 Å². The van der Waals surface area contributed by atoms with E-state index in [1.807, 2.05) is 38.1 Å². The highest BCUT2D eigenvalue weighted by Gasteiger charge is 2.14. The van der Waals surface area contributed by atoms with Crippen LogP contribution < -0.4 is 5.32 Å². The number of rotatable bonds is 8. The SMILES string of the molecule is Cc1ccc(C)c(C(=O)CCC(=O)OCC(=O)NCc2ccccc2Cl)c1. The quantitative estimate of drug-likeness (QED) is 0.552. The van der Waals surface area contributed by atoms with Gasteiger partial charge in [-0.25, -0.2) is 0 Å². The summed E-state index contributed by atoms with van der Waals surface area (Å²) in [7, 11) is 0. The van der Waals surface area contributed by atoms with E-state index in [0.717, 1.165) is 16.7 Å². The first-order valence-electron chi connectivity index (χ1n) is 8.63. The smallest absolute Gasteiger partial charge is 0.306 e. The van der Waals surface area contributed by atoms with Crippen LogP contribution in [0.25, 0.3) is 0 Å². The fraction of sp³-hybridized carbons (Fsp3) is 0.286. The fourth-order valence-electron chi connectivity index (χ4n) is 2.49. The normalized spacial score (nSPS) is 10.3. The number of ketones is 1. The number of hydrogen-bond acceptors (Lipinski definition) is 4.